The summed E-state index contributed by atoms with van der Waals surface area (Å²) in [7, 11) is 0. The topological polar surface area (TPSA) is 0 Å². The Labute approximate surface area is 162 Å². The van der Waals surface area contributed by atoms with Gasteiger partial charge in [0, 0.05) is 0 Å². The third kappa shape index (κ3) is 152. The number of hydrogen-bond donors (Lipinski definition) is 0. The van der Waals surface area contributed by atoms with Crippen LogP contribution in [0, 0.1) is 0 Å². The summed E-state index contributed by atoms with van der Waals surface area (Å²) in [6.45, 7) is 32.0. The monoisotopic (exact) mass is 353 g/mol. The lowest BCUT2D eigenvalue weighted by molar-refractivity contribution is 0.504. The van der Waals surface area contributed by atoms with Gasteiger partial charge in [-0.3, -0.25) is 0 Å². The van der Waals surface area contributed by atoms with E-state index in [0.717, 1.165) is 0 Å². The second-order valence-corrected chi connectivity index (χ2v) is 2.83. The van der Waals surface area contributed by atoms with E-state index in [9.17, 15) is 0 Å². The van der Waals surface area contributed by atoms with E-state index < -0.39 is 0 Å². The average Bonchev–Trinajstić information content (AvgIpc) is 2.65. The molecule has 0 aromatic heterocycles. The molecule has 2 rings (SSSR count). The minimum absolute atomic E-state index is 1.50. The zero-order valence-electron chi connectivity index (χ0n) is 21.7. The van der Waals surface area contributed by atoms with Gasteiger partial charge in [-0.05, 0) is 0 Å². The number of hydrogen-bond acceptors (Lipinski definition) is 0. The summed E-state index contributed by atoms with van der Waals surface area (Å²) in [6.07, 6.45) is 12.0. The maximum absolute atomic E-state index is 2.00. The van der Waals surface area contributed by atoms with Gasteiger partial charge >= 0.3 is 0 Å². The van der Waals surface area contributed by atoms with Gasteiger partial charge in [0.2, 0.25) is 0 Å². The second-order valence-electron chi connectivity index (χ2n) is 2.83. The zero-order valence-corrected chi connectivity index (χ0v) is 21.7. The average molecular weight is 353 g/mol. The molecule has 0 aromatic carbocycles. The summed E-state index contributed by atoms with van der Waals surface area (Å²) in [5.41, 5.74) is 0. The highest BCUT2D eigenvalue weighted by molar-refractivity contribution is 4.51. The van der Waals surface area contributed by atoms with E-state index >= 15 is 0 Å². The molecule has 0 aromatic rings. The van der Waals surface area contributed by atoms with Crippen molar-refractivity contribution in [3.8, 4) is 0 Å². The van der Waals surface area contributed by atoms with Crippen molar-refractivity contribution in [2.75, 3.05) is 0 Å². The van der Waals surface area contributed by atoms with Crippen molar-refractivity contribution in [2.24, 2.45) is 0 Å². The molecule has 0 spiro atoms. The SMILES string of the molecule is C1CCC1.C1CCC1.CC.CC.CC.CC.CC.CC.CC.CC. The second kappa shape index (κ2) is 174. The maximum Gasteiger partial charge on any atom is -0.0533 e. The summed E-state index contributed by atoms with van der Waals surface area (Å²) < 4.78 is 0. The summed E-state index contributed by atoms with van der Waals surface area (Å²) in [5, 5.41) is 0. The van der Waals surface area contributed by atoms with Crippen LogP contribution in [0.4, 0.5) is 0 Å². The molecule has 0 bridgehead atoms. The first-order valence-electron chi connectivity index (χ1n) is 12.0. The van der Waals surface area contributed by atoms with Crippen LogP contribution >= 0.6 is 0 Å². The molecule has 0 N–H and O–H groups in total. The first kappa shape index (κ1) is 49.6. The van der Waals surface area contributed by atoms with Gasteiger partial charge in [0.1, 0.15) is 0 Å². The van der Waals surface area contributed by atoms with Gasteiger partial charge in [0.05, 0.1) is 0 Å². The molecule has 24 heavy (non-hydrogen) atoms. The van der Waals surface area contributed by atoms with Crippen LogP contribution in [-0.2, 0) is 0 Å². The summed E-state index contributed by atoms with van der Waals surface area (Å²) in [4.78, 5) is 0. The van der Waals surface area contributed by atoms with Crippen LogP contribution in [-0.4, -0.2) is 0 Å². The van der Waals surface area contributed by atoms with E-state index in [0.29, 0.717) is 0 Å². The summed E-state index contributed by atoms with van der Waals surface area (Å²) >= 11 is 0. The van der Waals surface area contributed by atoms with Gasteiger partial charge in [-0.15, -0.1) is 0 Å². The van der Waals surface area contributed by atoms with E-state index in [-0.39, 0.29) is 0 Å². The van der Waals surface area contributed by atoms with Crippen LogP contribution in [0.15, 0.2) is 0 Å². The van der Waals surface area contributed by atoms with Crippen LogP contribution in [0.5, 0.6) is 0 Å². The molecular formula is C24H64. The summed E-state index contributed by atoms with van der Waals surface area (Å²) in [5.74, 6) is 0. The van der Waals surface area contributed by atoms with Crippen LogP contribution in [0.1, 0.15) is 162 Å². The normalized spacial score (nSPS) is 10.0. The minimum atomic E-state index is 1.50. The molecule has 2 saturated carbocycles. The lowest BCUT2D eigenvalue weighted by atomic mass is 10.0. The van der Waals surface area contributed by atoms with E-state index in [1.165, 1.54) is 51.4 Å². The molecule has 0 radical (unpaired) electrons. The highest BCUT2D eigenvalue weighted by atomic mass is 14.0. The van der Waals surface area contributed by atoms with Gasteiger partial charge in [-0.25, -0.2) is 0 Å². The van der Waals surface area contributed by atoms with Crippen molar-refractivity contribution in [2.45, 2.75) is 162 Å². The highest BCUT2D eigenvalue weighted by Crippen LogP contribution is 2.15. The Balaban J connectivity index is -0.0000000204. The van der Waals surface area contributed by atoms with Crippen molar-refractivity contribution >= 4 is 0 Å². The van der Waals surface area contributed by atoms with Crippen molar-refractivity contribution < 1.29 is 0 Å². The molecule has 0 unspecified atom stereocenters. The summed E-state index contributed by atoms with van der Waals surface area (Å²) in [6, 6.07) is 0. The van der Waals surface area contributed by atoms with Crippen LogP contribution in [0.25, 0.3) is 0 Å². The molecule has 2 fully saturated rings. The van der Waals surface area contributed by atoms with Crippen molar-refractivity contribution in [3.05, 3.63) is 0 Å². The molecule has 160 valence electrons. The van der Waals surface area contributed by atoms with Crippen LogP contribution < -0.4 is 0 Å². The molecule has 0 heterocycles. The Morgan fingerprint density at radius 2 is 0.208 bits per heavy atom. The third-order valence-electron chi connectivity index (χ3n) is 2.00. The predicted molar refractivity (Wildman–Crippen MR) is 128 cm³/mol. The molecule has 0 aliphatic heterocycles. The lowest BCUT2D eigenvalue weighted by Crippen LogP contribution is -1.85. The third-order valence-corrected chi connectivity index (χ3v) is 2.00. The standard InChI is InChI=1S/2C4H8.8C2H6/c2*1-2-4-3-1;8*1-2/h2*1-4H2;8*1-2H3. The van der Waals surface area contributed by atoms with Gasteiger partial charge in [0.15, 0.2) is 0 Å². The first-order valence-corrected chi connectivity index (χ1v) is 12.0. The molecule has 0 atom stereocenters. The molecule has 2 aliphatic carbocycles. The van der Waals surface area contributed by atoms with E-state index in [1.54, 1.807) is 0 Å². The molecule has 0 nitrogen and oxygen atoms in total. The first-order chi connectivity index (χ1) is 12.0. The van der Waals surface area contributed by atoms with Crippen LogP contribution in [0.3, 0.4) is 0 Å². The van der Waals surface area contributed by atoms with Crippen LogP contribution in [0.2, 0.25) is 0 Å². The van der Waals surface area contributed by atoms with Gasteiger partial charge in [-0.2, -0.15) is 0 Å². The Kier molecular flexibility index (Phi) is 359. The van der Waals surface area contributed by atoms with E-state index in [1.807, 2.05) is 111 Å². The van der Waals surface area contributed by atoms with E-state index in [4.69, 9.17) is 0 Å². The van der Waals surface area contributed by atoms with Crippen molar-refractivity contribution in [1.29, 1.82) is 0 Å². The fourth-order valence-corrected chi connectivity index (χ4v) is 0.500. The number of rotatable bonds is 0. The largest absolute Gasteiger partial charge is 0.0683 e. The van der Waals surface area contributed by atoms with Crippen molar-refractivity contribution in [1.82, 2.24) is 0 Å². The molecule has 2 aliphatic rings. The van der Waals surface area contributed by atoms with Gasteiger partial charge in [0.25, 0.3) is 0 Å². The fourth-order valence-electron chi connectivity index (χ4n) is 0.500. The smallest absolute Gasteiger partial charge is 0.0533 e. The Bertz CT molecular complexity index is 24.0. The predicted octanol–water partition coefficient (Wildman–Crippen LogP) is 11.3. The van der Waals surface area contributed by atoms with Gasteiger partial charge in [-0.1, -0.05) is 162 Å². The molecule has 0 saturated heterocycles. The van der Waals surface area contributed by atoms with Gasteiger partial charge < -0.3 is 0 Å². The quantitative estimate of drug-likeness (QED) is 0.406. The highest BCUT2D eigenvalue weighted by Gasteiger charge is 1.95. The molecular weight excluding hydrogens is 288 g/mol. The molecule has 0 heteroatoms. The lowest BCUT2D eigenvalue weighted by Gasteiger charge is -2.05. The Morgan fingerprint density at radius 3 is 0.208 bits per heavy atom. The minimum Gasteiger partial charge on any atom is -0.0683 e. The zero-order chi connectivity index (χ0) is 21.7. The molecule has 0 amide bonds. The van der Waals surface area contributed by atoms with Crippen molar-refractivity contribution in [3.63, 3.8) is 0 Å². The van der Waals surface area contributed by atoms with E-state index in [2.05, 4.69) is 0 Å². The Morgan fingerprint density at radius 1 is 0.167 bits per heavy atom. The Hall–Kier alpha value is 0. The maximum atomic E-state index is 2.00. The fraction of sp³-hybridized carbons (Fsp3) is 1.00.